The second kappa shape index (κ2) is 5.58. The lowest BCUT2D eigenvalue weighted by molar-refractivity contribution is 0.0941. The van der Waals surface area contributed by atoms with E-state index in [1.807, 2.05) is 19.9 Å². The van der Waals surface area contributed by atoms with Gasteiger partial charge in [0.2, 0.25) is 0 Å². The standard InChI is InChI=1S/C13H14ClNO/c1-4-5-10(3)15-13(16)11-6-9(2)7-12(14)8-11/h1,6-8,10H,5H2,2-3H3,(H,15,16). The summed E-state index contributed by atoms with van der Waals surface area (Å²) in [5, 5.41) is 3.38. The van der Waals surface area contributed by atoms with Crippen molar-refractivity contribution in [1.29, 1.82) is 0 Å². The van der Waals surface area contributed by atoms with E-state index in [9.17, 15) is 4.79 Å². The number of nitrogens with one attached hydrogen (secondary N) is 1. The van der Waals surface area contributed by atoms with Crippen LogP contribution in [0.3, 0.4) is 0 Å². The molecule has 2 nitrogen and oxygen atoms in total. The number of carbonyl (C=O) groups is 1. The number of rotatable bonds is 3. The lowest BCUT2D eigenvalue weighted by Crippen LogP contribution is -2.32. The van der Waals surface area contributed by atoms with Crippen LogP contribution in [0.25, 0.3) is 0 Å². The molecule has 0 aromatic heterocycles. The molecule has 0 aliphatic heterocycles. The Morgan fingerprint density at radius 1 is 1.56 bits per heavy atom. The number of aryl methyl sites for hydroxylation is 1. The van der Waals surface area contributed by atoms with Crippen molar-refractivity contribution in [2.45, 2.75) is 26.3 Å². The van der Waals surface area contributed by atoms with Crippen molar-refractivity contribution in [3.63, 3.8) is 0 Å². The van der Waals surface area contributed by atoms with Gasteiger partial charge in [-0.2, -0.15) is 0 Å². The molecule has 1 atom stereocenters. The van der Waals surface area contributed by atoms with E-state index >= 15 is 0 Å². The molecule has 0 heterocycles. The van der Waals surface area contributed by atoms with Crippen LogP contribution < -0.4 is 5.32 Å². The molecule has 0 radical (unpaired) electrons. The van der Waals surface area contributed by atoms with E-state index in [-0.39, 0.29) is 11.9 Å². The van der Waals surface area contributed by atoms with Crippen molar-refractivity contribution < 1.29 is 4.79 Å². The summed E-state index contributed by atoms with van der Waals surface area (Å²) in [5.74, 6) is 2.36. The van der Waals surface area contributed by atoms with Crippen molar-refractivity contribution in [3.05, 3.63) is 34.3 Å². The first-order chi connectivity index (χ1) is 7.52. The Kier molecular flexibility index (Phi) is 4.39. The predicted octanol–water partition coefficient (Wildman–Crippen LogP) is 2.79. The molecule has 16 heavy (non-hydrogen) atoms. The Hall–Kier alpha value is -1.46. The number of hydrogen-bond donors (Lipinski definition) is 1. The van der Waals surface area contributed by atoms with Gasteiger partial charge in [0.05, 0.1) is 0 Å². The highest BCUT2D eigenvalue weighted by atomic mass is 35.5. The zero-order valence-electron chi connectivity index (χ0n) is 9.38. The van der Waals surface area contributed by atoms with E-state index in [4.69, 9.17) is 18.0 Å². The van der Waals surface area contributed by atoms with Gasteiger partial charge in [-0.05, 0) is 37.6 Å². The van der Waals surface area contributed by atoms with Gasteiger partial charge < -0.3 is 5.32 Å². The average molecular weight is 236 g/mol. The zero-order chi connectivity index (χ0) is 12.1. The first-order valence-electron chi connectivity index (χ1n) is 5.04. The van der Waals surface area contributed by atoms with Crippen LogP contribution in [0, 0.1) is 19.3 Å². The Bertz CT molecular complexity index is 414. The van der Waals surface area contributed by atoms with E-state index in [1.54, 1.807) is 12.1 Å². The van der Waals surface area contributed by atoms with Crippen LogP contribution in [0.1, 0.15) is 29.3 Å². The molecule has 1 rings (SSSR count). The number of benzene rings is 1. The monoisotopic (exact) mass is 235 g/mol. The summed E-state index contributed by atoms with van der Waals surface area (Å²) in [6.45, 7) is 3.77. The van der Waals surface area contributed by atoms with Crippen molar-refractivity contribution in [2.24, 2.45) is 0 Å². The summed E-state index contributed by atoms with van der Waals surface area (Å²) < 4.78 is 0. The minimum Gasteiger partial charge on any atom is -0.349 e. The molecule has 0 aliphatic rings. The van der Waals surface area contributed by atoms with Gasteiger partial charge in [0.25, 0.3) is 5.91 Å². The summed E-state index contributed by atoms with van der Waals surface area (Å²) in [4.78, 5) is 11.8. The summed E-state index contributed by atoms with van der Waals surface area (Å²) in [5.41, 5.74) is 1.52. The van der Waals surface area contributed by atoms with Crippen LogP contribution in [0.4, 0.5) is 0 Å². The fraction of sp³-hybridized carbons (Fsp3) is 0.308. The van der Waals surface area contributed by atoms with Gasteiger partial charge in [-0.25, -0.2) is 0 Å². The number of amides is 1. The number of halogens is 1. The minimum absolute atomic E-state index is 0.0308. The molecular formula is C13H14ClNO. The third-order valence-electron chi connectivity index (χ3n) is 2.11. The minimum atomic E-state index is -0.145. The molecule has 0 aliphatic carbocycles. The fourth-order valence-electron chi connectivity index (χ4n) is 1.40. The molecule has 0 fully saturated rings. The van der Waals surface area contributed by atoms with Gasteiger partial charge in [-0.15, -0.1) is 12.3 Å². The lowest BCUT2D eigenvalue weighted by atomic mass is 10.1. The Labute approximate surface area is 101 Å². The second-order valence-corrected chi connectivity index (χ2v) is 4.24. The smallest absolute Gasteiger partial charge is 0.251 e. The number of hydrogen-bond acceptors (Lipinski definition) is 1. The maximum atomic E-state index is 11.8. The third kappa shape index (κ3) is 3.60. The Morgan fingerprint density at radius 3 is 2.81 bits per heavy atom. The summed E-state index contributed by atoms with van der Waals surface area (Å²) in [6.07, 6.45) is 5.69. The number of carbonyl (C=O) groups excluding carboxylic acids is 1. The van der Waals surface area contributed by atoms with Gasteiger partial charge in [0.1, 0.15) is 0 Å². The van der Waals surface area contributed by atoms with E-state index < -0.39 is 0 Å². The highest BCUT2D eigenvalue weighted by molar-refractivity contribution is 6.31. The fourth-order valence-corrected chi connectivity index (χ4v) is 1.69. The Balaban J connectivity index is 2.77. The van der Waals surface area contributed by atoms with E-state index in [0.717, 1.165) is 5.56 Å². The highest BCUT2D eigenvalue weighted by Crippen LogP contribution is 2.14. The zero-order valence-corrected chi connectivity index (χ0v) is 10.1. The van der Waals surface area contributed by atoms with E-state index in [2.05, 4.69) is 11.2 Å². The third-order valence-corrected chi connectivity index (χ3v) is 2.32. The van der Waals surface area contributed by atoms with Crippen LogP contribution in [-0.4, -0.2) is 11.9 Å². The van der Waals surface area contributed by atoms with Crippen molar-refractivity contribution in [3.8, 4) is 12.3 Å². The van der Waals surface area contributed by atoms with Crippen LogP contribution in [0.5, 0.6) is 0 Å². The summed E-state index contributed by atoms with van der Waals surface area (Å²) >= 11 is 5.88. The largest absolute Gasteiger partial charge is 0.349 e. The molecule has 1 aromatic carbocycles. The molecule has 1 amide bonds. The van der Waals surface area contributed by atoms with Gasteiger partial charge in [-0.3, -0.25) is 4.79 Å². The molecule has 1 aromatic rings. The van der Waals surface area contributed by atoms with Crippen molar-refractivity contribution >= 4 is 17.5 Å². The molecule has 0 saturated heterocycles. The van der Waals surface area contributed by atoms with Crippen molar-refractivity contribution in [2.75, 3.05) is 0 Å². The van der Waals surface area contributed by atoms with Gasteiger partial charge in [0, 0.05) is 23.0 Å². The second-order valence-electron chi connectivity index (χ2n) is 3.80. The van der Waals surface area contributed by atoms with E-state index in [1.165, 1.54) is 0 Å². The van der Waals surface area contributed by atoms with Gasteiger partial charge in [-0.1, -0.05) is 11.6 Å². The molecule has 0 spiro atoms. The summed E-state index contributed by atoms with van der Waals surface area (Å²) in [7, 11) is 0. The highest BCUT2D eigenvalue weighted by Gasteiger charge is 2.09. The molecule has 1 N–H and O–H groups in total. The molecule has 0 saturated carbocycles. The van der Waals surface area contributed by atoms with Crippen LogP contribution in [-0.2, 0) is 0 Å². The van der Waals surface area contributed by atoms with E-state index in [0.29, 0.717) is 17.0 Å². The predicted molar refractivity (Wildman–Crippen MR) is 66.6 cm³/mol. The maximum Gasteiger partial charge on any atom is 0.251 e. The normalized spacial score (nSPS) is 11.6. The SMILES string of the molecule is C#CCC(C)NC(=O)c1cc(C)cc(Cl)c1. The summed E-state index contributed by atoms with van der Waals surface area (Å²) in [6, 6.07) is 5.22. The molecule has 1 unspecified atom stereocenters. The van der Waals surface area contributed by atoms with Crippen LogP contribution in [0.2, 0.25) is 5.02 Å². The van der Waals surface area contributed by atoms with Gasteiger partial charge >= 0.3 is 0 Å². The van der Waals surface area contributed by atoms with Gasteiger partial charge in [0.15, 0.2) is 0 Å². The molecule has 0 bridgehead atoms. The first kappa shape index (κ1) is 12.6. The number of terminal acetylenes is 1. The van der Waals surface area contributed by atoms with Crippen LogP contribution in [0.15, 0.2) is 18.2 Å². The van der Waals surface area contributed by atoms with Crippen LogP contribution >= 0.6 is 11.6 Å². The maximum absolute atomic E-state index is 11.8. The lowest BCUT2D eigenvalue weighted by Gasteiger charge is -2.11. The Morgan fingerprint density at radius 2 is 2.25 bits per heavy atom. The average Bonchev–Trinajstić information content (AvgIpc) is 2.16. The first-order valence-corrected chi connectivity index (χ1v) is 5.42. The molecule has 84 valence electrons. The topological polar surface area (TPSA) is 29.1 Å². The van der Waals surface area contributed by atoms with Crippen molar-refractivity contribution in [1.82, 2.24) is 5.32 Å². The quantitative estimate of drug-likeness (QED) is 0.802. The molecular weight excluding hydrogens is 222 g/mol. The molecule has 3 heteroatoms.